The van der Waals surface area contributed by atoms with Crippen LogP contribution >= 0.6 is 0 Å². The number of carbonyl (C=O) groups is 1. The van der Waals surface area contributed by atoms with Gasteiger partial charge in [-0.05, 0) is 13.0 Å². The van der Waals surface area contributed by atoms with Crippen molar-refractivity contribution >= 4 is 5.78 Å². The Hall–Kier alpha value is -0.790. The van der Waals surface area contributed by atoms with E-state index in [1.54, 1.807) is 0 Å². The number of ketones is 1. The Morgan fingerprint density at radius 3 is 2.60 bits per heavy atom. The van der Waals surface area contributed by atoms with Crippen molar-refractivity contribution < 1.29 is 9.90 Å². The lowest BCUT2D eigenvalue weighted by Crippen LogP contribution is -2.10. The fraction of sp³-hybridized carbons (Fsp3) is 0.692. The van der Waals surface area contributed by atoms with Gasteiger partial charge < -0.3 is 11.0 Å². The van der Waals surface area contributed by atoms with Gasteiger partial charge in [-0.1, -0.05) is 33.1 Å². The Balaban J connectivity index is 3.89. The number of allylic oxidation sites excluding steroid dienone is 2. The molecule has 0 saturated carbocycles. The Labute approximate surface area is 93.4 Å². The molecule has 0 saturated heterocycles. The Kier molecular flexibility index (Phi) is 7.10. The zero-order valence-corrected chi connectivity index (χ0v) is 10.3. The highest BCUT2D eigenvalue weighted by molar-refractivity contribution is 5.87. The summed E-state index contributed by atoms with van der Waals surface area (Å²) in [6.07, 6.45) is 4.82. The van der Waals surface area contributed by atoms with Crippen LogP contribution in [0.2, 0.25) is 0 Å². The maximum atomic E-state index is 11.2. The monoisotopic (exact) mass is 210 g/mol. The van der Waals surface area contributed by atoms with Gasteiger partial charge in [-0.3, -0.25) is 4.79 Å². The molecule has 0 fully saturated rings. The first-order valence-corrected chi connectivity index (χ1v) is 5.67. The summed E-state index contributed by atoms with van der Waals surface area (Å²) in [5, 5.41) is 11.2. The Morgan fingerprint density at radius 1 is 1.53 bits per heavy atom. The fourth-order valence-corrected chi connectivity index (χ4v) is 1.55. The molecule has 0 N–H and O–H groups in total. The molecule has 0 aliphatic heterocycles. The van der Waals surface area contributed by atoms with Crippen LogP contribution in [0.5, 0.6) is 0 Å². The van der Waals surface area contributed by atoms with E-state index in [-0.39, 0.29) is 11.5 Å². The Morgan fingerprint density at radius 2 is 2.13 bits per heavy atom. The van der Waals surface area contributed by atoms with E-state index in [9.17, 15) is 9.90 Å². The van der Waals surface area contributed by atoms with Crippen molar-refractivity contribution in [2.45, 2.75) is 53.4 Å². The van der Waals surface area contributed by atoms with Crippen LogP contribution < -0.4 is 5.11 Å². The summed E-state index contributed by atoms with van der Waals surface area (Å²) in [6, 6.07) is 0. The summed E-state index contributed by atoms with van der Waals surface area (Å²) >= 11 is 0. The highest BCUT2D eigenvalue weighted by atomic mass is 16.3. The van der Waals surface area contributed by atoms with Crippen LogP contribution in [0.4, 0.5) is 0 Å². The maximum absolute atomic E-state index is 11.2. The standard InChI is InChI=1S/C13H23O2/c1-5-6-10(2)11(3)7-8-13(15)9-12(4)14/h9-10,15H,5-8H2,1-4H3/q-1/p-1/b13-9-. The highest BCUT2D eigenvalue weighted by Crippen LogP contribution is 2.24. The second-order valence-electron chi connectivity index (χ2n) is 4.26. The van der Waals surface area contributed by atoms with Crippen molar-refractivity contribution in [2.75, 3.05) is 0 Å². The zero-order valence-electron chi connectivity index (χ0n) is 10.3. The minimum atomic E-state index is -0.153. The first kappa shape index (κ1) is 14.2. The zero-order chi connectivity index (χ0) is 11.8. The predicted octanol–water partition coefficient (Wildman–Crippen LogP) is 2.63. The third-order valence-electron chi connectivity index (χ3n) is 2.69. The van der Waals surface area contributed by atoms with E-state index in [4.69, 9.17) is 0 Å². The molecule has 0 bridgehead atoms. The van der Waals surface area contributed by atoms with Crippen LogP contribution in [0.15, 0.2) is 11.8 Å². The van der Waals surface area contributed by atoms with Gasteiger partial charge in [0, 0.05) is 0 Å². The summed E-state index contributed by atoms with van der Waals surface area (Å²) in [5.41, 5.74) is 0. The van der Waals surface area contributed by atoms with Gasteiger partial charge in [-0.2, -0.15) is 19.3 Å². The van der Waals surface area contributed by atoms with Crippen LogP contribution in [0.25, 0.3) is 0 Å². The molecule has 0 aliphatic carbocycles. The molecule has 1 atom stereocenters. The molecular formula is C13H22O2-2. The molecule has 2 heteroatoms. The molecule has 0 amide bonds. The molecule has 0 spiro atoms. The molecule has 1 unspecified atom stereocenters. The smallest absolute Gasteiger partial charge is 0.151 e. The van der Waals surface area contributed by atoms with Gasteiger partial charge in [-0.25, -0.2) is 0 Å². The number of hydrogen-bond donors (Lipinski definition) is 0. The quantitative estimate of drug-likeness (QED) is 0.368. The van der Waals surface area contributed by atoms with Crippen LogP contribution in [0, 0.1) is 11.8 Å². The van der Waals surface area contributed by atoms with Crippen LogP contribution in [-0.2, 0) is 4.79 Å². The molecular weight excluding hydrogens is 188 g/mol. The van der Waals surface area contributed by atoms with Gasteiger partial charge in [0.1, 0.15) is 0 Å². The van der Waals surface area contributed by atoms with E-state index in [0.717, 1.165) is 6.42 Å². The summed E-state index contributed by atoms with van der Waals surface area (Å²) in [4.78, 5) is 10.7. The van der Waals surface area contributed by atoms with E-state index in [1.807, 2.05) is 0 Å². The first-order valence-electron chi connectivity index (χ1n) is 5.67. The third kappa shape index (κ3) is 7.18. The lowest BCUT2D eigenvalue weighted by Gasteiger charge is -2.33. The minimum Gasteiger partial charge on any atom is -0.875 e. The largest absolute Gasteiger partial charge is 0.875 e. The lowest BCUT2D eigenvalue weighted by molar-refractivity contribution is -0.306. The molecule has 0 aromatic heterocycles. The van der Waals surface area contributed by atoms with E-state index in [0.29, 0.717) is 12.3 Å². The maximum Gasteiger partial charge on any atom is 0.151 e. The average molecular weight is 210 g/mol. The minimum absolute atomic E-state index is 0.0504. The van der Waals surface area contributed by atoms with E-state index < -0.39 is 0 Å². The van der Waals surface area contributed by atoms with Crippen molar-refractivity contribution in [3.05, 3.63) is 17.8 Å². The van der Waals surface area contributed by atoms with Gasteiger partial charge in [0.25, 0.3) is 0 Å². The molecule has 0 radical (unpaired) electrons. The van der Waals surface area contributed by atoms with Crippen LogP contribution in [0.1, 0.15) is 53.4 Å². The van der Waals surface area contributed by atoms with Crippen molar-refractivity contribution in [3.8, 4) is 0 Å². The highest BCUT2D eigenvalue weighted by Gasteiger charge is 1.98. The van der Waals surface area contributed by atoms with Gasteiger partial charge in [0.15, 0.2) is 5.78 Å². The topological polar surface area (TPSA) is 40.1 Å². The van der Waals surface area contributed by atoms with E-state index in [1.165, 1.54) is 31.8 Å². The lowest BCUT2D eigenvalue weighted by atomic mass is 9.88. The molecule has 0 heterocycles. The van der Waals surface area contributed by atoms with Gasteiger partial charge in [0.2, 0.25) is 0 Å². The van der Waals surface area contributed by atoms with E-state index >= 15 is 0 Å². The number of carbonyl (C=O) groups excluding carboxylic acids is 1. The molecule has 0 aromatic rings. The van der Waals surface area contributed by atoms with E-state index in [2.05, 4.69) is 20.8 Å². The fourth-order valence-electron chi connectivity index (χ4n) is 1.55. The van der Waals surface area contributed by atoms with Gasteiger partial charge in [0.05, 0.1) is 0 Å². The molecule has 88 valence electrons. The van der Waals surface area contributed by atoms with Crippen molar-refractivity contribution in [3.63, 3.8) is 0 Å². The van der Waals surface area contributed by atoms with Crippen molar-refractivity contribution in [2.24, 2.45) is 5.92 Å². The van der Waals surface area contributed by atoms with Crippen molar-refractivity contribution in [1.82, 2.24) is 0 Å². The molecule has 2 nitrogen and oxygen atoms in total. The third-order valence-corrected chi connectivity index (χ3v) is 2.69. The predicted molar refractivity (Wildman–Crippen MR) is 61.0 cm³/mol. The Bertz CT molecular complexity index is 219. The van der Waals surface area contributed by atoms with Gasteiger partial charge >= 0.3 is 0 Å². The molecule has 0 rings (SSSR count). The summed E-state index contributed by atoms with van der Waals surface area (Å²) in [6.45, 7) is 7.87. The van der Waals surface area contributed by atoms with Crippen molar-refractivity contribution in [1.29, 1.82) is 0 Å². The first-order chi connectivity index (χ1) is 6.97. The normalized spacial score (nSPS) is 14.3. The summed E-state index contributed by atoms with van der Waals surface area (Å²) in [5.74, 6) is 1.74. The van der Waals surface area contributed by atoms with Crippen LogP contribution in [-0.4, -0.2) is 5.78 Å². The molecule has 0 aliphatic rings. The average Bonchev–Trinajstić information content (AvgIpc) is 2.13. The second kappa shape index (κ2) is 7.49. The molecule has 0 aromatic carbocycles. The SMILES string of the molecule is CCCC(C)[C-](C)CC/C([O-])=C/C(C)=O. The number of hydrogen-bond acceptors (Lipinski definition) is 2. The number of rotatable bonds is 7. The summed E-state index contributed by atoms with van der Waals surface area (Å²) in [7, 11) is 0. The molecule has 15 heavy (non-hydrogen) atoms. The van der Waals surface area contributed by atoms with Crippen LogP contribution in [0.3, 0.4) is 0 Å². The van der Waals surface area contributed by atoms with Gasteiger partial charge in [-0.15, -0.1) is 5.76 Å². The second-order valence-corrected chi connectivity index (χ2v) is 4.26. The summed E-state index contributed by atoms with van der Waals surface area (Å²) < 4.78 is 0.